The number of hydrogen-bond acceptors (Lipinski definition) is 4. The van der Waals surface area contributed by atoms with Gasteiger partial charge in [0.2, 0.25) is 0 Å². The molecule has 0 aliphatic carbocycles. The quantitative estimate of drug-likeness (QED) is 0.855. The average molecular weight is 357 g/mol. The Labute approximate surface area is 126 Å². The molecule has 5 nitrogen and oxygen atoms in total. The summed E-state index contributed by atoms with van der Waals surface area (Å²) in [6.45, 7) is 1.82. The number of nitrogens with one attached hydrogen (secondary N) is 1. The molecule has 2 aromatic rings. The van der Waals surface area contributed by atoms with E-state index in [0.717, 1.165) is 5.56 Å². The Bertz CT molecular complexity index is 732. The zero-order valence-corrected chi connectivity index (χ0v) is 13.3. The lowest BCUT2D eigenvalue weighted by Gasteiger charge is -2.12. The molecule has 20 heavy (non-hydrogen) atoms. The van der Waals surface area contributed by atoms with Gasteiger partial charge < -0.3 is 4.74 Å². The molecular formula is C13H13BrN2O3S. The van der Waals surface area contributed by atoms with Gasteiger partial charge in [-0.1, -0.05) is 6.07 Å². The summed E-state index contributed by atoms with van der Waals surface area (Å²) in [6, 6.07) is 8.25. The Kier molecular flexibility index (Phi) is 4.29. The third-order valence-electron chi connectivity index (χ3n) is 2.61. The van der Waals surface area contributed by atoms with Crippen LogP contribution in [0.15, 0.2) is 46.0 Å². The van der Waals surface area contributed by atoms with Crippen LogP contribution < -0.4 is 9.46 Å². The highest BCUT2D eigenvalue weighted by molar-refractivity contribution is 9.10. The van der Waals surface area contributed by atoms with E-state index in [1.165, 1.54) is 7.11 Å². The van der Waals surface area contributed by atoms with Crippen LogP contribution >= 0.6 is 15.9 Å². The predicted octanol–water partition coefficient (Wildman–Crippen LogP) is 2.96. The molecule has 2 rings (SSSR count). The summed E-state index contributed by atoms with van der Waals surface area (Å²) in [5.41, 5.74) is 1.20. The lowest BCUT2D eigenvalue weighted by molar-refractivity contribution is 0.402. The molecule has 0 fully saturated rings. The largest absolute Gasteiger partial charge is 0.495 e. The van der Waals surface area contributed by atoms with Crippen molar-refractivity contribution in [1.82, 2.24) is 4.98 Å². The van der Waals surface area contributed by atoms with Crippen LogP contribution in [0, 0.1) is 6.92 Å². The van der Waals surface area contributed by atoms with Gasteiger partial charge >= 0.3 is 0 Å². The number of ether oxygens (including phenoxy) is 1. The summed E-state index contributed by atoms with van der Waals surface area (Å²) < 4.78 is 32.9. The minimum absolute atomic E-state index is 0.0933. The fraction of sp³-hybridized carbons (Fsp3) is 0.154. The van der Waals surface area contributed by atoms with Gasteiger partial charge in [-0.3, -0.25) is 4.72 Å². The SMILES string of the molecule is COc1ccc(C)cc1S(=O)(=O)Nc1cccnc1Br. The molecule has 0 spiro atoms. The van der Waals surface area contributed by atoms with Gasteiger partial charge in [0.05, 0.1) is 12.8 Å². The Balaban J connectivity index is 2.46. The van der Waals surface area contributed by atoms with Crippen LogP contribution in [0.1, 0.15) is 5.56 Å². The number of nitrogens with zero attached hydrogens (tertiary/aromatic N) is 1. The summed E-state index contributed by atoms with van der Waals surface area (Å²) in [4.78, 5) is 4.07. The third-order valence-corrected chi connectivity index (χ3v) is 4.63. The summed E-state index contributed by atoms with van der Waals surface area (Å²) in [6.07, 6.45) is 1.56. The zero-order valence-electron chi connectivity index (χ0n) is 10.9. The summed E-state index contributed by atoms with van der Waals surface area (Å²) >= 11 is 3.20. The highest BCUT2D eigenvalue weighted by Gasteiger charge is 2.20. The average Bonchev–Trinajstić information content (AvgIpc) is 2.41. The van der Waals surface area contributed by atoms with Crippen LogP contribution in [0.25, 0.3) is 0 Å². The van der Waals surface area contributed by atoms with Crippen molar-refractivity contribution in [2.24, 2.45) is 0 Å². The lowest BCUT2D eigenvalue weighted by atomic mass is 10.2. The summed E-state index contributed by atoms with van der Waals surface area (Å²) in [5, 5.41) is 0. The monoisotopic (exact) mass is 356 g/mol. The maximum absolute atomic E-state index is 12.4. The Morgan fingerprint density at radius 2 is 2.05 bits per heavy atom. The number of halogens is 1. The van der Waals surface area contributed by atoms with E-state index in [9.17, 15) is 8.42 Å². The lowest BCUT2D eigenvalue weighted by Crippen LogP contribution is -2.14. The number of rotatable bonds is 4. The molecule has 7 heteroatoms. The molecule has 0 bridgehead atoms. The zero-order chi connectivity index (χ0) is 14.8. The maximum Gasteiger partial charge on any atom is 0.265 e. The number of methoxy groups -OCH3 is 1. The molecular weight excluding hydrogens is 344 g/mol. The molecule has 0 saturated heterocycles. The van der Waals surface area contributed by atoms with E-state index in [0.29, 0.717) is 16.0 Å². The molecule has 0 radical (unpaired) electrons. The molecule has 0 unspecified atom stereocenters. The van der Waals surface area contributed by atoms with Gasteiger partial charge in [-0.25, -0.2) is 13.4 Å². The minimum atomic E-state index is -3.75. The summed E-state index contributed by atoms with van der Waals surface area (Å²) in [7, 11) is -2.31. The number of anilines is 1. The van der Waals surface area contributed by atoms with E-state index in [2.05, 4.69) is 25.6 Å². The number of hydrogen-bond donors (Lipinski definition) is 1. The highest BCUT2D eigenvalue weighted by atomic mass is 79.9. The Hall–Kier alpha value is -1.60. The van der Waals surface area contributed by atoms with Gasteiger partial charge in [-0.2, -0.15) is 0 Å². The molecule has 0 aliphatic heterocycles. The first-order chi connectivity index (χ1) is 9.44. The van der Waals surface area contributed by atoms with Crippen molar-refractivity contribution < 1.29 is 13.2 Å². The Morgan fingerprint density at radius 1 is 1.30 bits per heavy atom. The number of aromatic nitrogens is 1. The van der Waals surface area contributed by atoms with Gasteiger partial charge in [-0.05, 0) is 52.7 Å². The molecule has 106 valence electrons. The first-order valence-corrected chi connectivity index (χ1v) is 7.99. The smallest absolute Gasteiger partial charge is 0.265 e. The second-order valence-electron chi connectivity index (χ2n) is 4.10. The first-order valence-electron chi connectivity index (χ1n) is 5.72. The van der Waals surface area contributed by atoms with Gasteiger partial charge in [0.1, 0.15) is 15.2 Å². The third kappa shape index (κ3) is 3.10. The van der Waals surface area contributed by atoms with Crippen LogP contribution in [0.4, 0.5) is 5.69 Å². The van der Waals surface area contributed by atoms with E-state index in [4.69, 9.17) is 4.74 Å². The molecule has 1 aromatic heterocycles. The van der Waals surface area contributed by atoms with Crippen molar-refractivity contribution in [3.63, 3.8) is 0 Å². The van der Waals surface area contributed by atoms with Gasteiger partial charge in [0, 0.05) is 6.20 Å². The molecule has 0 atom stereocenters. The predicted molar refractivity (Wildman–Crippen MR) is 80.5 cm³/mol. The second-order valence-corrected chi connectivity index (χ2v) is 6.50. The minimum Gasteiger partial charge on any atom is -0.495 e. The maximum atomic E-state index is 12.4. The summed E-state index contributed by atoms with van der Waals surface area (Å²) in [5.74, 6) is 0.295. The first kappa shape index (κ1) is 14.8. The van der Waals surface area contributed by atoms with E-state index in [1.54, 1.807) is 36.5 Å². The van der Waals surface area contributed by atoms with Crippen molar-refractivity contribution in [3.8, 4) is 5.75 Å². The fourth-order valence-corrected chi connectivity index (χ4v) is 3.46. The van der Waals surface area contributed by atoms with Gasteiger partial charge in [0.25, 0.3) is 10.0 Å². The molecule has 1 N–H and O–H groups in total. The Morgan fingerprint density at radius 3 is 2.70 bits per heavy atom. The van der Waals surface area contributed by atoms with Crippen LogP contribution in [-0.4, -0.2) is 20.5 Å². The molecule has 0 aliphatic rings. The van der Waals surface area contributed by atoms with Crippen LogP contribution in [0.5, 0.6) is 5.75 Å². The van der Waals surface area contributed by atoms with Crippen molar-refractivity contribution in [1.29, 1.82) is 0 Å². The second kappa shape index (κ2) is 5.80. The molecule has 0 saturated carbocycles. The van der Waals surface area contributed by atoms with Crippen molar-refractivity contribution in [2.75, 3.05) is 11.8 Å². The number of sulfonamides is 1. The van der Waals surface area contributed by atoms with Crippen LogP contribution in [-0.2, 0) is 10.0 Å². The van der Waals surface area contributed by atoms with Crippen molar-refractivity contribution >= 4 is 31.6 Å². The standard InChI is InChI=1S/C13H13BrN2O3S/c1-9-5-6-11(19-2)12(8-9)20(17,18)16-10-4-3-7-15-13(10)14/h3-8,16H,1-2H3. The van der Waals surface area contributed by atoms with Crippen LogP contribution in [0.2, 0.25) is 0 Å². The molecule has 0 amide bonds. The normalized spacial score (nSPS) is 11.2. The number of pyridine rings is 1. The highest BCUT2D eigenvalue weighted by Crippen LogP contribution is 2.28. The number of benzene rings is 1. The van der Waals surface area contributed by atoms with E-state index in [-0.39, 0.29) is 4.90 Å². The van der Waals surface area contributed by atoms with Crippen LogP contribution in [0.3, 0.4) is 0 Å². The van der Waals surface area contributed by atoms with E-state index < -0.39 is 10.0 Å². The van der Waals surface area contributed by atoms with Gasteiger partial charge in [-0.15, -0.1) is 0 Å². The van der Waals surface area contributed by atoms with E-state index in [1.807, 2.05) is 6.92 Å². The number of aryl methyl sites for hydroxylation is 1. The van der Waals surface area contributed by atoms with Crippen molar-refractivity contribution in [2.45, 2.75) is 11.8 Å². The molecule has 1 heterocycles. The molecule has 1 aromatic carbocycles. The van der Waals surface area contributed by atoms with E-state index >= 15 is 0 Å². The fourth-order valence-electron chi connectivity index (χ4n) is 1.66. The topological polar surface area (TPSA) is 68.3 Å². The van der Waals surface area contributed by atoms with Crippen molar-refractivity contribution in [3.05, 3.63) is 46.7 Å². The van der Waals surface area contributed by atoms with Gasteiger partial charge in [0.15, 0.2) is 0 Å².